The molecule has 0 bridgehead atoms. The van der Waals surface area contributed by atoms with E-state index in [1.54, 1.807) is 6.20 Å². The number of nitrogens with zero attached hydrogens (tertiary/aromatic N) is 5. The van der Waals surface area contributed by atoms with E-state index in [-0.39, 0.29) is 17.0 Å². The summed E-state index contributed by atoms with van der Waals surface area (Å²) in [4.78, 5) is 8.36. The maximum Gasteiger partial charge on any atom is 0.319 e. The van der Waals surface area contributed by atoms with E-state index in [2.05, 4.69) is 60.1 Å². The Balaban J connectivity index is 1.83. The van der Waals surface area contributed by atoms with Crippen LogP contribution in [0.15, 0.2) is 12.3 Å². The smallest absolute Gasteiger partial charge is 0.319 e. The van der Waals surface area contributed by atoms with E-state index in [0.717, 1.165) is 12.0 Å². The first kappa shape index (κ1) is 22.1. The molecule has 9 heteroatoms. The van der Waals surface area contributed by atoms with E-state index in [0.29, 0.717) is 35.4 Å². The number of nitriles is 1. The van der Waals surface area contributed by atoms with Gasteiger partial charge in [-0.2, -0.15) is 10.2 Å². The van der Waals surface area contributed by atoms with Crippen LogP contribution in [0.5, 0.6) is 11.9 Å². The first-order chi connectivity index (χ1) is 14.1. The van der Waals surface area contributed by atoms with Gasteiger partial charge in [-0.3, -0.25) is 0 Å². The van der Waals surface area contributed by atoms with Gasteiger partial charge < -0.3 is 13.9 Å². The Morgan fingerprint density at radius 3 is 2.53 bits per heavy atom. The van der Waals surface area contributed by atoms with E-state index in [1.807, 2.05) is 6.07 Å². The summed E-state index contributed by atoms with van der Waals surface area (Å²) in [5.74, 6) is 0.974. The van der Waals surface area contributed by atoms with Crippen molar-refractivity contribution < 1.29 is 13.9 Å². The lowest BCUT2D eigenvalue weighted by molar-refractivity contribution is 0.270. The van der Waals surface area contributed by atoms with Crippen molar-refractivity contribution in [2.45, 2.75) is 51.2 Å². The molecule has 3 rings (SSSR count). The predicted molar refractivity (Wildman–Crippen MR) is 115 cm³/mol. The quantitative estimate of drug-likeness (QED) is 0.612. The highest BCUT2D eigenvalue weighted by Crippen LogP contribution is 2.50. The third-order valence-corrected chi connectivity index (χ3v) is 10.6. The second kappa shape index (κ2) is 8.28. The molecule has 2 atom stereocenters. The Hall–Kier alpha value is -2.57. The van der Waals surface area contributed by atoms with Crippen molar-refractivity contribution in [1.29, 1.82) is 5.26 Å². The largest absolute Gasteiger partial charge is 0.480 e. The topological polar surface area (TPSA) is 103 Å². The second-order valence-electron chi connectivity index (χ2n) is 9.10. The van der Waals surface area contributed by atoms with Crippen LogP contribution in [-0.4, -0.2) is 49.3 Å². The number of ether oxygens (including phenoxy) is 2. The number of aromatic nitrogens is 4. The third kappa shape index (κ3) is 4.44. The van der Waals surface area contributed by atoms with Crippen LogP contribution in [0, 0.1) is 17.2 Å². The van der Waals surface area contributed by atoms with Crippen molar-refractivity contribution in [3.8, 4) is 29.2 Å². The summed E-state index contributed by atoms with van der Waals surface area (Å²) in [5.41, 5.74) is 2.42. The zero-order valence-corrected chi connectivity index (χ0v) is 19.7. The molecule has 0 aromatic carbocycles. The summed E-state index contributed by atoms with van der Waals surface area (Å²) in [6.45, 7) is 11.9. The van der Waals surface area contributed by atoms with Crippen molar-refractivity contribution in [3.05, 3.63) is 23.5 Å². The summed E-state index contributed by atoms with van der Waals surface area (Å²) in [6.07, 6.45) is 2.57. The van der Waals surface area contributed by atoms with Gasteiger partial charge in [0.1, 0.15) is 11.8 Å². The highest BCUT2D eigenvalue weighted by Gasteiger charge is 2.44. The first-order valence-corrected chi connectivity index (χ1v) is 12.9. The van der Waals surface area contributed by atoms with Crippen LogP contribution >= 0.6 is 0 Å². The predicted octanol–water partition coefficient (Wildman–Crippen LogP) is 3.95. The average molecular weight is 428 g/mol. The summed E-state index contributed by atoms with van der Waals surface area (Å²) in [7, 11) is 1.22. The molecule has 0 saturated heterocycles. The molecule has 2 heterocycles. The maximum atomic E-state index is 9.53. The van der Waals surface area contributed by atoms with E-state index in [4.69, 9.17) is 13.9 Å². The Bertz CT molecular complexity index is 968. The standard InChI is InChI=1S/C21H29N5O3Si/c1-21(2,3)30(6,7)29-12-13-8-14(13)15-9-17(25-26-18(15)10-22)16-11-23-20(28-5)24-19(16)27-4/h9,11,13-14H,8,12H2,1-7H3/t13-,14+/m1/s1. The highest BCUT2D eigenvalue weighted by molar-refractivity contribution is 6.74. The number of hydrogen-bond acceptors (Lipinski definition) is 8. The van der Waals surface area contributed by atoms with Gasteiger partial charge in [-0.05, 0) is 48.0 Å². The van der Waals surface area contributed by atoms with Gasteiger partial charge in [0.15, 0.2) is 14.0 Å². The minimum Gasteiger partial charge on any atom is -0.480 e. The van der Waals surface area contributed by atoms with Crippen LogP contribution in [-0.2, 0) is 4.43 Å². The van der Waals surface area contributed by atoms with Gasteiger partial charge >= 0.3 is 6.01 Å². The molecule has 2 aromatic rings. The Morgan fingerprint density at radius 1 is 1.20 bits per heavy atom. The molecule has 160 valence electrons. The molecule has 1 aliphatic rings. The fourth-order valence-corrected chi connectivity index (χ4v) is 4.10. The minimum absolute atomic E-state index is 0.172. The molecule has 1 saturated carbocycles. The lowest BCUT2D eigenvalue weighted by atomic mass is 10.1. The molecule has 2 aromatic heterocycles. The molecule has 30 heavy (non-hydrogen) atoms. The summed E-state index contributed by atoms with van der Waals surface area (Å²) < 4.78 is 16.8. The van der Waals surface area contributed by atoms with E-state index < -0.39 is 8.32 Å². The van der Waals surface area contributed by atoms with Crippen LogP contribution in [0.2, 0.25) is 18.1 Å². The van der Waals surface area contributed by atoms with Crippen molar-refractivity contribution in [2.75, 3.05) is 20.8 Å². The molecule has 0 amide bonds. The average Bonchev–Trinajstić information content (AvgIpc) is 3.50. The van der Waals surface area contributed by atoms with Crippen LogP contribution in [0.4, 0.5) is 0 Å². The minimum atomic E-state index is -1.80. The summed E-state index contributed by atoms with van der Waals surface area (Å²) >= 11 is 0. The van der Waals surface area contributed by atoms with Gasteiger partial charge in [0, 0.05) is 12.8 Å². The van der Waals surface area contributed by atoms with Gasteiger partial charge in [-0.25, -0.2) is 4.98 Å². The van der Waals surface area contributed by atoms with Gasteiger partial charge in [0.2, 0.25) is 5.88 Å². The molecule has 0 N–H and O–H groups in total. The fourth-order valence-electron chi connectivity index (χ4n) is 3.03. The highest BCUT2D eigenvalue weighted by atomic mass is 28.4. The first-order valence-electron chi connectivity index (χ1n) is 9.98. The molecule has 0 aliphatic heterocycles. The van der Waals surface area contributed by atoms with Gasteiger partial charge in [-0.15, -0.1) is 10.2 Å². The van der Waals surface area contributed by atoms with Crippen molar-refractivity contribution in [1.82, 2.24) is 20.2 Å². The number of methoxy groups -OCH3 is 2. The number of rotatable bonds is 7. The lowest BCUT2D eigenvalue weighted by Gasteiger charge is -2.36. The molecule has 0 unspecified atom stereocenters. The van der Waals surface area contributed by atoms with Crippen molar-refractivity contribution in [3.63, 3.8) is 0 Å². The molecule has 1 fully saturated rings. The van der Waals surface area contributed by atoms with Crippen LogP contribution in [0.25, 0.3) is 11.3 Å². The number of hydrogen-bond donors (Lipinski definition) is 0. The molecule has 0 spiro atoms. The second-order valence-corrected chi connectivity index (χ2v) is 13.9. The zero-order chi connectivity index (χ0) is 22.1. The Kier molecular flexibility index (Phi) is 6.10. The molecular formula is C21H29N5O3Si. The van der Waals surface area contributed by atoms with Crippen LogP contribution < -0.4 is 9.47 Å². The van der Waals surface area contributed by atoms with E-state index in [9.17, 15) is 5.26 Å². The van der Waals surface area contributed by atoms with Crippen LogP contribution in [0.1, 0.15) is 44.4 Å². The van der Waals surface area contributed by atoms with Crippen molar-refractivity contribution >= 4 is 8.32 Å². The molecule has 8 nitrogen and oxygen atoms in total. The molecule has 1 aliphatic carbocycles. The molecular weight excluding hydrogens is 398 g/mol. The fraction of sp³-hybridized carbons (Fsp3) is 0.571. The summed E-state index contributed by atoms with van der Waals surface area (Å²) in [5, 5.41) is 18.1. The normalized spacial score (nSPS) is 18.6. The zero-order valence-electron chi connectivity index (χ0n) is 18.7. The van der Waals surface area contributed by atoms with E-state index >= 15 is 0 Å². The van der Waals surface area contributed by atoms with Crippen LogP contribution in [0.3, 0.4) is 0 Å². The molecule has 0 radical (unpaired) electrons. The van der Waals surface area contributed by atoms with E-state index in [1.165, 1.54) is 14.2 Å². The SMILES string of the molecule is COc1ncc(-c2cc([C@H]3C[C@@H]3CO[Si](C)(C)C(C)(C)C)c(C#N)nn2)c(OC)n1. The van der Waals surface area contributed by atoms with Gasteiger partial charge in [-0.1, -0.05) is 20.8 Å². The maximum absolute atomic E-state index is 9.53. The Labute approximate surface area is 178 Å². The lowest BCUT2D eigenvalue weighted by Crippen LogP contribution is -2.41. The Morgan fingerprint density at radius 2 is 1.93 bits per heavy atom. The van der Waals surface area contributed by atoms with Gasteiger partial charge in [0.25, 0.3) is 0 Å². The third-order valence-electron chi connectivity index (χ3n) is 6.10. The monoisotopic (exact) mass is 427 g/mol. The van der Waals surface area contributed by atoms with Gasteiger partial charge in [0.05, 0.1) is 19.8 Å². The summed E-state index contributed by atoms with van der Waals surface area (Å²) in [6, 6.07) is 4.28. The van der Waals surface area contributed by atoms with Crippen molar-refractivity contribution in [2.24, 2.45) is 5.92 Å².